The van der Waals surface area contributed by atoms with Crippen molar-refractivity contribution in [2.75, 3.05) is 19.6 Å². The predicted octanol–water partition coefficient (Wildman–Crippen LogP) is 4.77. The summed E-state index contributed by atoms with van der Waals surface area (Å²) < 4.78 is 1.79. The smallest absolute Gasteiger partial charge is 0.315 e. The molecule has 5 rings (SSSR count). The number of nitrogens with zero attached hydrogens (tertiary/aromatic N) is 4. The van der Waals surface area contributed by atoms with Gasteiger partial charge in [0, 0.05) is 30.2 Å². The van der Waals surface area contributed by atoms with E-state index in [1.54, 1.807) is 26.6 Å². The molecule has 35 heavy (non-hydrogen) atoms. The zero-order valence-electron chi connectivity index (χ0n) is 18.9. The van der Waals surface area contributed by atoms with Crippen LogP contribution in [-0.4, -0.2) is 51.2 Å². The third-order valence-electron chi connectivity index (χ3n) is 6.18. The Hall–Kier alpha value is -4.10. The molecule has 1 aliphatic rings. The molecule has 4 aromatic rings. The first-order valence-corrected chi connectivity index (χ1v) is 11.7. The summed E-state index contributed by atoms with van der Waals surface area (Å²) in [6, 6.07) is 27.7. The molecule has 2 heterocycles. The third kappa shape index (κ3) is 4.63. The fraction of sp³-hybridized carbons (Fsp3) is 0.148. The van der Waals surface area contributed by atoms with E-state index in [4.69, 9.17) is 22.4 Å². The minimum Gasteiger partial charge on any atom is -0.351 e. The summed E-state index contributed by atoms with van der Waals surface area (Å²) in [6.45, 7) is 0.974. The van der Waals surface area contributed by atoms with E-state index in [1.165, 1.54) is 0 Å². The quantitative estimate of drug-likeness (QED) is 0.452. The van der Waals surface area contributed by atoms with Gasteiger partial charge >= 0.3 is 6.03 Å². The van der Waals surface area contributed by atoms with Gasteiger partial charge in [-0.25, -0.2) is 9.48 Å². The SMILES string of the molecule is NC(=O)N1CCN(C(=O)c2cc(-c3ccccc3)n(-c3ccccc3)n2)CC1c1cccc(Cl)c1. The largest absolute Gasteiger partial charge is 0.351 e. The molecule has 8 heteroatoms. The van der Waals surface area contributed by atoms with Crippen molar-refractivity contribution in [1.82, 2.24) is 19.6 Å². The van der Waals surface area contributed by atoms with Crippen molar-refractivity contribution in [3.63, 3.8) is 0 Å². The molecule has 1 fully saturated rings. The molecule has 0 bridgehead atoms. The Kier molecular flexibility index (Phi) is 6.25. The number of urea groups is 1. The molecule has 0 saturated carbocycles. The Bertz CT molecular complexity index is 1300. The van der Waals surface area contributed by atoms with E-state index in [1.807, 2.05) is 78.9 Å². The topological polar surface area (TPSA) is 84.5 Å². The van der Waals surface area contributed by atoms with Crippen LogP contribution in [0, 0.1) is 0 Å². The average molecular weight is 486 g/mol. The normalized spacial score (nSPS) is 15.7. The van der Waals surface area contributed by atoms with E-state index in [0.717, 1.165) is 22.5 Å². The van der Waals surface area contributed by atoms with Crippen LogP contribution in [0.1, 0.15) is 22.1 Å². The summed E-state index contributed by atoms with van der Waals surface area (Å²) in [5.41, 5.74) is 9.46. The Morgan fingerprint density at radius 1 is 0.886 bits per heavy atom. The molecule has 0 radical (unpaired) electrons. The molecule has 3 amide bonds. The maximum Gasteiger partial charge on any atom is 0.315 e. The van der Waals surface area contributed by atoms with Gasteiger partial charge in [0.25, 0.3) is 5.91 Å². The molecule has 0 aliphatic carbocycles. The van der Waals surface area contributed by atoms with Crippen molar-refractivity contribution in [3.05, 3.63) is 107 Å². The summed E-state index contributed by atoms with van der Waals surface area (Å²) in [5.74, 6) is -0.201. The molecule has 176 valence electrons. The number of benzene rings is 3. The van der Waals surface area contributed by atoms with Crippen LogP contribution >= 0.6 is 11.6 Å². The molecule has 1 unspecified atom stereocenters. The molecule has 0 spiro atoms. The van der Waals surface area contributed by atoms with Crippen LogP contribution < -0.4 is 5.73 Å². The summed E-state index contributed by atoms with van der Waals surface area (Å²) in [4.78, 5) is 29.1. The van der Waals surface area contributed by atoms with Crippen LogP contribution in [0.25, 0.3) is 16.9 Å². The number of halogens is 1. The van der Waals surface area contributed by atoms with Crippen LogP contribution in [-0.2, 0) is 0 Å². The van der Waals surface area contributed by atoms with Crippen molar-refractivity contribution < 1.29 is 9.59 Å². The molecule has 1 aromatic heterocycles. The first kappa shape index (κ1) is 22.7. The maximum absolute atomic E-state index is 13.6. The number of rotatable bonds is 4. The van der Waals surface area contributed by atoms with Gasteiger partial charge in [-0.05, 0) is 35.9 Å². The Labute approximate surface area is 208 Å². The number of amides is 3. The van der Waals surface area contributed by atoms with Crippen molar-refractivity contribution >= 4 is 23.5 Å². The lowest BCUT2D eigenvalue weighted by Gasteiger charge is -2.40. The monoisotopic (exact) mass is 485 g/mol. The fourth-order valence-electron chi connectivity index (χ4n) is 4.46. The Morgan fingerprint density at radius 3 is 2.29 bits per heavy atom. The number of hydrogen-bond donors (Lipinski definition) is 1. The number of nitrogens with two attached hydrogens (primary N) is 1. The highest BCUT2D eigenvalue weighted by Crippen LogP contribution is 2.29. The van der Waals surface area contributed by atoms with Gasteiger partial charge in [0.05, 0.1) is 17.4 Å². The van der Waals surface area contributed by atoms with Gasteiger partial charge in [0.1, 0.15) is 0 Å². The second kappa shape index (κ2) is 9.64. The second-order valence-corrected chi connectivity index (χ2v) is 8.82. The minimum atomic E-state index is -0.526. The molecular formula is C27H24ClN5O2. The highest BCUT2D eigenvalue weighted by atomic mass is 35.5. The number of carbonyl (C=O) groups excluding carboxylic acids is 2. The first-order chi connectivity index (χ1) is 17.0. The van der Waals surface area contributed by atoms with Crippen molar-refractivity contribution in [3.8, 4) is 16.9 Å². The Balaban J connectivity index is 1.49. The standard InChI is InChI=1S/C27H24ClN5O2/c28-21-11-7-10-20(16-21)25-18-31(14-15-32(25)27(29)35)26(34)23-17-24(19-8-3-1-4-9-19)33(30-23)22-12-5-2-6-13-22/h1-13,16-17,25H,14-15,18H2,(H2,29,35). The van der Waals surface area contributed by atoms with Crippen molar-refractivity contribution in [1.29, 1.82) is 0 Å². The van der Waals surface area contributed by atoms with E-state index >= 15 is 0 Å². The maximum atomic E-state index is 13.6. The molecule has 3 aromatic carbocycles. The lowest BCUT2D eigenvalue weighted by atomic mass is 10.0. The van der Waals surface area contributed by atoms with E-state index in [-0.39, 0.29) is 5.91 Å². The molecule has 1 saturated heterocycles. The Morgan fingerprint density at radius 2 is 1.60 bits per heavy atom. The first-order valence-electron chi connectivity index (χ1n) is 11.3. The number of primary amides is 1. The molecule has 2 N–H and O–H groups in total. The van der Waals surface area contributed by atoms with Crippen molar-refractivity contribution in [2.45, 2.75) is 6.04 Å². The highest BCUT2D eigenvalue weighted by molar-refractivity contribution is 6.30. The van der Waals surface area contributed by atoms with Crippen LogP contribution in [0.15, 0.2) is 91.0 Å². The van der Waals surface area contributed by atoms with Gasteiger partial charge in [-0.1, -0.05) is 72.3 Å². The van der Waals surface area contributed by atoms with Crippen LogP contribution in [0.4, 0.5) is 4.79 Å². The van der Waals surface area contributed by atoms with Gasteiger partial charge in [-0.2, -0.15) is 5.10 Å². The third-order valence-corrected chi connectivity index (χ3v) is 6.42. The summed E-state index contributed by atoms with van der Waals surface area (Å²) in [7, 11) is 0. The highest BCUT2D eigenvalue weighted by Gasteiger charge is 2.34. The predicted molar refractivity (Wildman–Crippen MR) is 135 cm³/mol. The summed E-state index contributed by atoms with van der Waals surface area (Å²) in [5, 5.41) is 5.26. The number of para-hydroxylation sites is 1. The summed E-state index contributed by atoms with van der Waals surface area (Å²) in [6.07, 6.45) is 0. The zero-order valence-corrected chi connectivity index (χ0v) is 19.7. The number of piperazine rings is 1. The van der Waals surface area contributed by atoms with Gasteiger partial charge in [0.2, 0.25) is 0 Å². The van der Waals surface area contributed by atoms with Crippen LogP contribution in [0.3, 0.4) is 0 Å². The van der Waals surface area contributed by atoms with Crippen LogP contribution in [0.2, 0.25) is 5.02 Å². The molecule has 7 nitrogen and oxygen atoms in total. The van der Waals surface area contributed by atoms with E-state index in [2.05, 4.69) is 0 Å². The van der Waals surface area contributed by atoms with Gasteiger partial charge in [-0.3, -0.25) is 4.79 Å². The number of hydrogen-bond acceptors (Lipinski definition) is 3. The number of carbonyl (C=O) groups is 2. The molecule has 1 aliphatic heterocycles. The van der Waals surface area contributed by atoms with Crippen molar-refractivity contribution in [2.24, 2.45) is 5.73 Å². The average Bonchev–Trinajstić information content (AvgIpc) is 3.34. The lowest BCUT2D eigenvalue weighted by Crippen LogP contribution is -2.53. The fourth-order valence-corrected chi connectivity index (χ4v) is 4.66. The zero-order chi connectivity index (χ0) is 24.4. The van der Waals surface area contributed by atoms with Gasteiger partial charge in [0.15, 0.2) is 5.69 Å². The van der Waals surface area contributed by atoms with E-state index < -0.39 is 12.1 Å². The molecular weight excluding hydrogens is 462 g/mol. The van der Waals surface area contributed by atoms with Gasteiger partial charge < -0.3 is 15.5 Å². The van der Waals surface area contributed by atoms with E-state index in [0.29, 0.717) is 30.4 Å². The van der Waals surface area contributed by atoms with Crippen LogP contribution in [0.5, 0.6) is 0 Å². The molecule has 1 atom stereocenters. The van der Waals surface area contributed by atoms with E-state index in [9.17, 15) is 9.59 Å². The lowest BCUT2D eigenvalue weighted by molar-refractivity contribution is 0.0559. The van der Waals surface area contributed by atoms with Gasteiger partial charge in [-0.15, -0.1) is 0 Å². The number of aromatic nitrogens is 2. The summed E-state index contributed by atoms with van der Waals surface area (Å²) >= 11 is 6.19. The minimum absolute atomic E-state index is 0.201. The second-order valence-electron chi connectivity index (χ2n) is 8.38.